The lowest BCUT2D eigenvalue weighted by atomic mass is 10.2. The van der Waals surface area contributed by atoms with Crippen molar-refractivity contribution in [1.29, 1.82) is 0 Å². The van der Waals surface area contributed by atoms with Crippen LogP contribution in [0.5, 0.6) is 0 Å². The first-order valence-corrected chi connectivity index (χ1v) is 12.0. The summed E-state index contributed by atoms with van der Waals surface area (Å²) in [7, 11) is 0. The molecule has 0 unspecified atom stereocenters. The van der Waals surface area contributed by atoms with Gasteiger partial charge in [0.2, 0.25) is 0 Å². The lowest BCUT2D eigenvalue weighted by Crippen LogP contribution is -2.36. The number of carbonyl (C=O) groups excluding carboxylic acids is 1. The van der Waals surface area contributed by atoms with Crippen molar-refractivity contribution in [1.82, 2.24) is 34.8 Å². The molecule has 0 atom stereocenters. The molecule has 0 radical (unpaired) electrons. The number of aromatic nitrogens is 6. The largest absolute Gasteiger partial charge is 0.444 e. The summed E-state index contributed by atoms with van der Waals surface area (Å²) in [6.45, 7) is 10.9. The van der Waals surface area contributed by atoms with Crippen molar-refractivity contribution in [3.8, 4) is 0 Å². The fraction of sp³-hybridized carbons (Fsp3) is 0.348. The van der Waals surface area contributed by atoms with E-state index in [1.165, 1.54) is 12.7 Å². The maximum atomic E-state index is 11.3. The summed E-state index contributed by atoms with van der Waals surface area (Å²) in [4.78, 5) is 36.3. The second-order valence-electron chi connectivity index (χ2n) is 8.12. The monoisotopic (exact) mass is 552 g/mol. The molecule has 0 fully saturated rings. The Morgan fingerprint density at radius 2 is 1.36 bits per heavy atom. The third-order valence-corrected chi connectivity index (χ3v) is 5.09. The molecule has 0 aliphatic heterocycles. The van der Waals surface area contributed by atoms with Crippen LogP contribution in [-0.4, -0.2) is 59.6 Å². The zero-order valence-corrected chi connectivity index (χ0v) is 22.8. The summed E-state index contributed by atoms with van der Waals surface area (Å²) in [5.74, 6) is 0.421. The van der Waals surface area contributed by atoms with Gasteiger partial charge in [0, 0.05) is 37.6 Å². The molecule has 1 amide bonds. The number of carbonyl (C=O) groups is 1. The fourth-order valence-electron chi connectivity index (χ4n) is 2.65. The van der Waals surface area contributed by atoms with E-state index in [2.05, 4.69) is 29.9 Å². The van der Waals surface area contributed by atoms with E-state index in [0.717, 1.165) is 5.39 Å². The van der Waals surface area contributed by atoms with Gasteiger partial charge in [0.15, 0.2) is 0 Å². The second kappa shape index (κ2) is 13.3. The normalized spacial score (nSPS) is 10.7. The van der Waals surface area contributed by atoms with Crippen LogP contribution in [0.2, 0.25) is 15.5 Å². The smallest absolute Gasteiger partial charge is 0.410 e. The van der Waals surface area contributed by atoms with Crippen molar-refractivity contribution in [3.05, 3.63) is 52.6 Å². The SMILES string of the molecule is CCN(CC)C(=O)OC(C)(C)C.Clc1cc2ncnc(Cl)c2cn1.Nc1ncnc2cc(Cl)ncc12. The van der Waals surface area contributed by atoms with Crippen molar-refractivity contribution in [2.45, 2.75) is 40.2 Å². The first kappa shape index (κ1) is 29.2. The number of ether oxygens (including phenoxy) is 1. The Bertz CT molecular complexity index is 1230. The maximum Gasteiger partial charge on any atom is 0.410 e. The average Bonchev–Trinajstić information content (AvgIpc) is 2.79. The van der Waals surface area contributed by atoms with Gasteiger partial charge < -0.3 is 15.4 Å². The number of hydrogen-bond acceptors (Lipinski definition) is 9. The van der Waals surface area contributed by atoms with Crippen molar-refractivity contribution in [3.63, 3.8) is 0 Å². The van der Waals surface area contributed by atoms with Gasteiger partial charge in [-0.15, -0.1) is 0 Å². The van der Waals surface area contributed by atoms with Crippen LogP contribution in [0.4, 0.5) is 10.6 Å². The van der Waals surface area contributed by atoms with Crippen LogP contribution >= 0.6 is 34.8 Å². The van der Waals surface area contributed by atoms with Crippen LogP contribution in [-0.2, 0) is 4.74 Å². The third kappa shape index (κ3) is 8.85. The summed E-state index contributed by atoms with van der Waals surface area (Å²) in [5, 5.41) is 2.63. The van der Waals surface area contributed by atoms with Crippen molar-refractivity contribution in [2.75, 3.05) is 18.8 Å². The van der Waals surface area contributed by atoms with Gasteiger partial charge in [0.05, 0.1) is 21.8 Å². The number of pyridine rings is 2. The van der Waals surface area contributed by atoms with E-state index >= 15 is 0 Å². The van der Waals surface area contributed by atoms with Crippen LogP contribution in [0.3, 0.4) is 0 Å². The van der Waals surface area contributed by atoms with E-state index < -0.39 is 0 Å². The summed E-state index contributed by atoms with van der Waals surface area (Å²) >= 11 is 17.1. The summed E-state index contributed by atoms with van der Waals surface area (Å²) < 4.78 is 5.17. The van der Waals surface area contributed by atoms with Gasteiger partial charge in [-0.3, -0.25) is 0 Å². The molecule has 0 saturated carbocycles. The van der Waals surface area contributed by atoms with E-state index in [4.69, 9.17) is 45.3 Å². The van der Waals surface area contributed by atoms with E-state index in [1.54, 1.807) is 29.4 Å². The van der Waals surface area contributed by atoms with E-state index in [1.807, 2.05) is 34.6 Å². The highest BCUT2D eigenvalue weighted by atomic mass is 35.5. The van der Waals surface area contributed by atoms with Crippen LogP contribution in [0.15, 0.2) is 37.2 Å². The molecule has 4 aromatic heterocycles. The van der Waals surface area contributed by atoms with E-state index in [-0.39, 0.29) is 11.7 Å². The van der Waals surface area contributed by atoms with Gasteiger partial charge >= 0.3 is 6.09 Å². The summed E-state index contributed by atoms with van der Waals surface area (Å²) in [6.07, 6.45) is 5.68. The topological polar surface area (TPSA) is 133 Å². The highest BCUT2D eigenvalue weighted by molar-refractivity contribution is 6.34. The maximum absolute atomic E-state index is 11.3. The van der Waals surface area contributed by atoms with Gasteiger partial charge in [0.1, 0.15) is 39.5 Å². The average molecular weight is 554 g/mol. The number of rotatable bonds is 2. The molecular weight excluding hydrogens is 527 g/mol. The molecule has 0 aliphatic rings. The molecule has 4 heterocycles. The number of nitrogen functional groups attached to an aromatic ring is 1. The zero-order valence-electron chi connectivity index (χ0n) is 20.5. The number of nitrogens with zero attached hydrogens (tertiary/aromatic N) is 7. The molecule has 4 aromatic rings. The highest BCUT2D eigenvalue weighted by Crippen LogP contribution is 2.20. The molecule has 36 heavy (non-hydrogen) atoms. The summed E-state index contributed by atoms with van der Waals surface area (Å²) in [6, 6.07) is 3.29. The van der Waals surface area contributed by atoms with Crippen LogP contribution in [0.1, 0.15) is 34.6 Å². The van der Waals surface area contributed by atoms with Gasteiger partial charge in [0.25, 0.3) is 0 Å². The first-order chi connectivity index (χ1) is 16.9. The Hall–Kier alpha value is -3.08. The minimum atomic E-state index is -0.389. The molecule has 0 bridgehead atoms. The van der Waals surface area contributed by atoms with Gasteiger partial charge in [-0.25, -0.2) is 34.7 Å². The Labute approximate surface area is 224 Å². The zero-order chi connectivity index (χ0) is 26.9. The number of hydrogen-bond donors (Lipinski definition) is 1. The summed E-state index contributed by atoms with van der Waals surface area (Å²) in [5.41, 5.74) is 6.60. The van der Waals surface area contributed by atoms with Crippen LogP contribution in [0.25, 0.3) is 21.8 Å². The molecule has 0 saturated heterocycles. The fourth-order valence-corrected chi connectivity index (χ4v) is 3.15. The molecule has 192 valence electrons. The molecular formula is C23H27Cl3N8O2. The lowest BCUT2D eigenvalue weighted by Gasteiger charge is -2.25. The predicted molar refractivity (Wildman–Crippen MR) is 143 cm³/mol. The Kier molecular flexibility index (Phi) is 10.8. The second-order valence-corrected chi connectivity index (χ2v) is 9.26. The highest BCUT2D eigenvalue weighted by Gasteiger charge is 2.19. The number of anilines is 1. The molecule has 2 N–H and O–H groups in total. The third-order valence-electron chi connectivity index (χ3n) is 4.37. The van der Waals surface area contributed by atoms with Crippen molar-refractivity contribution in [2.24, 2.45) is 0 Å². The number of halogens is 3. The van der Waals surface area contributed by atoms with Gasteiger partial charge in [-0.1, -0.05) is 34.8 Å². The molecule has 0 spiro atoms. The molecule has 13 heteroatoms. The van der Waals surface area contributed by atoms with Crippen molar-refractivity contribution < 1.29 is 9.53 Å². The minimum Gasteiger partial charge on any atom is -0.444 e. The predicted octanol–water partition coefficient (Wildman–Crippen LogP) is 5.86. The molecule has 10 nitrogen and oxygen atoms in total. The number of amides is 1. The Balaban J connectivity index is 0.000000190. The van der Waals surface area contributed by atoms with Crippen LogP contribution < -0.4 is 5.73 Å². The Morgan fingerprint density at radius 3 is 1.89 bits per heavy atom. The van der Waals surface area contributed by atoms with E-state index in [0.29, 0.717) is 50.8 Å². The number of nitrogens with two attached hydrogens (primary N) is 1. The Morgan fingerprint density at radius 1 is 0.861 bits per heavy atom. The van der Waals surface area contributed by atoms with Gasteiger partial charge in [-0.2, -0.15) is 0 Å². The van der Waals surface area contributed by atoms with E-state index in [9.17, 15) is 4.79 Å². The first-order valence-electron chi connectivity index (χ1n) is 10.9. The molecule has 4 rings (SSSR count). The molecule has 0 aromatic carbocycles. The quantitative estimate of drug-likeness (QED) is 0.239. The van der Waals surface area contributed by atoms with Crippen LogP contribution in [0, 0.1) is 0 Å². The minimum absolute atomic E-state index is 0.229. The van der Waals surface area contributed by atoms with Gasteiger partial charge in [-0.05, 0) is 34.6 Å². The van der Waals surface area contributed by atoms with Crippen molar-refractivity contribution >= 4 is 68.5 Å². The lowest BCUT2D eigenvalue weighted by molar-refractivity contribution is 0.0270. The molecule has 0 aliphatic carbocycles. The number of fused-ring (bicyclic) bond motifs is 2. The standard InChI is InChI=1S/C9H19NO2.C7H3Cl2N3.C7H5ClN4/c1-6-10(7-2)8(11)12-9(3,4)5;2*8-6-1-5-4(2-10-6)7(9)12-3-11-5/h6-7H2,1-5H3;1-3H;1-3H,(H2,9,11,12).